The normalized spacial score (nSPS) is 17.6. The molecule has 0 radical (unpaired) electrons. The van der Waals surface area contributed by atoms with Crippen LogP contribution in [0.1, 0.15) is 28.6 Å². The Hall–Kier alpha value is -2.44. The molecule has 4 rings (SSSR count). The number of fused-ring (bicyclic) bond motifs is 1. The van der Waals surface area contributed by atoms with Crippen molar-refractivity contribution in [2.24, 2.45) is 7.05 Å². The van der Waals surface area contributed by atoms with E-state index in [-0.39, 0.29) is 6.04 Å². The molecule has 4 heterocycles. The highest BCUT2D eigenvalue weighted by molar-refractivity contribution is 5.22. The van der Waals surface area contributed by atoms with E-state index >= 15 is 0 Å². The van der Waals surface area contributed by atoms with Crippen molar-refractivity contribution in [3.63, 3.8) is 0 Å². The maximum Gasteiger partial charge on any atom is 0.0949 e. The number of hydrogen-bond acceptors (Lipinski definition) is 5. The van der Waals surface area contributed by atoms with Crippen LogP contribution in [-0.4, -0.2) is 32.6 Å². The summed E-state index contributed by atoms with van der Waals surface area (Å²) in [5.74, 6) is 0. The van der Waals surface area contributed by atoms with E-state index in [1.54, 1.807) is 12.5 Å². The van der Waals surface area contributed by atoms with Gasteiger partial charge in [0.1, 0.15) is 0 Å². The molecule has 1 aliphatic heterocycles. The van der Waals surface area contributed by atoms with E-state index in [1.165, 1.54) is 17.0 Å². The summed E-state index contributed by atoms with van der Waals surface area (Å²) in [6.45, 7) is 3.01. The Labute approximate surface area is 147 Å². The Morgan fingerprint density at radius 3 is 3.08 bits per heavy atom. The number of furan rings is 1. The van der Waals surface area contributed by atoms with Crippen molar-refractivity contribution in [1.29, 1.82) is 0 Å². The zero-order chi connectivity index (χ0) is 17.1. The maximum atomic E-state index is 6.04. The van der Waals surface area contributed by atoms with Crippen molar-refractivity contribution < 1.29 is 9.15 Å². The topological polar surface area (TPSA) is 56.3 Å². The SMILES string of the molecule is Cn1cnc2c1C(COCc1cccnc1)N(Cc1ccoc1)CC2. The van der Waals surface area contributed by atoms with Gasteiger partial charge in [-0.05, 0) is 17.7 Å². The Balaban J connectivity index is 1.50. The molecule has 1 aliphatic rings. The maximum absolute atomic E-state index is 6.04. The lowest BCUT2D eigenvalue weighted by atomic mass is 10.0. The lowest BCUT2D eigenvalue weighted by Gasteiger charge is -2.35. The van der Waals surface area contributed by atoms with Gasteiger partial charge in [-0.25, -0.2) is 4.98 Å². The van der Waals surface area contributed by atoms with Gasteiger partial charge in [-0.1, -0.05) is 6.07 Å². The highest BCUT2D eigenvalue weighted by Crippen LogP contribution is 2.30. The molecule has 0 aromatic carbocycles. The molecule has 3 aromatic rings. The van der Waals surface area contributed by atoms with Crippen LogP contribution in [0, 0.1) is 0 Å². The number of rotatable bonds is 6. The Morgan fingerprint density at radius 2 is 2.28 bits per heavy atom. The summed E-state index contributed by atoms with van der Waals surface area (Å²) in [4.78, 5) is 11.1. The van der Waals surface area contributed by atoms with Crippen molar-refractivity contribution in [3.8, 4) is 0 Å². The highest BCUT2D eigenvalue weighted by atomic mass is 16.5. The van der Waals surface area contributed by atoms with Gasteiger partial charge in [0.25, 0.3) is 0 Å². The molecule has 0 saturated carbocycles. The first-order chi connectivity index (χ1) is 12.3. The van der Waals surface area contributed by atoms with Gasteiger partial charge in [0.2, 0.25) is 0 Å². The fourth-order valence-electron chi connectivity index (χ4n) is 3.45. The van der Waals surface area contributed by atoms with Crippen molar-refractivity contribution in [2.45, 2.75) is 25.6 Å². The van der Waals surface area contributed by atoms with Crippen LogP contribution in [0.2, 0.25) is 0 Å². The van der Waals surface area contributed by atoms with Crippen LogP contribution in [0.25, 0.3) is 0 Å². The lowest BCUT2D eigenvalue weighted by molar-refractivity contribution is 0.0376. The minimum absolute atomic E-state index is 0.183. The molecule has 1 atom stereocenters. The molecule has 0 bridgehead atoms. The second kappa shape index (κ2) is 7.21. The summed E-state index contributed by atoms with van der Waals surface area (Å²) >= 11 is 0. The molecule has 0 spiro atoms. The molecular weight excluding hydrogens is 316 g/mol. The van der Waals surface area contributed by atoms with E-state index in [0.717, 1.165) is 25.1 Å². The molecule has 130 valence electrons. The average molecular weight is 338 g/mol. The average Bonchev–Trinajstić information content (AvgIpc) is 3.28. The van der Waals surface area contributed by atoms with Crippen LogP contribution in [0.4, 0.5) is 0 Å². The summed E-state index contributed by atoms with van der Waals surface area (Å²) in [6, 6.07) is 6.17. The van der Waals surface area contributed by atoms with E-state index in [1.807, 2.05) is 37.0 Å². The van der Waals surface area contributed by atoms with Gasteiger partial charge in [-0.15, -0.1) is 0 Å². The molecule has 0 fully saturated rings. The van der Waals surface area contributed by atoms with Gasteiger partial charge in [-0.3, -0.25) is 9.88 Å². The molecule has 0 N–H and O–H groups in total. The van der Waals surface area contributed by atoms with Crippen LogP contribution in [0.3, 0.4) is 0 Å². The largest absolute Gasteiger partial charge is 0.472 e. The Bertz CT molecular complexity index is 798. The second-order valence-electron chi connectivity index (χ2n) is 6.43. The van der Waals surface area contributed by atoms with E-state index in [4.69, 9.17) is 9.15 Å². The molecule has 0 aliphatic carbocycles. The zero-order valence-electron chi connectivity index (χ0n) is 14.3. The summed E-state index contributed by atoms with van der Waals surface area (Å²) < 4.78 is 13.4. The van der Waals surface area contributed by atoms with Crippen molar-refractivity contribution in [2.75, 3.05) is 13.2 Å². The summed E-state index contributed by atoms with van der Waals surface area (Å²) in [5.41, 5.74) is 4.70. The van der Waals surface area contributed by atoms with Crippen molar-refractivity contribution >= 4 is 0 Å². The highest BCUT2D eigenvalue weighted by Gasteiger charge is 2.31. The van der Waals surface area contributed by atoms with Crippen molar-refractivity contribution in [3.05, 3.63) is 72.0 Å². The van der Waals surface area contributed by atoms with Crippen LogP contribution in [0.15, 0.2) is 53.9 Å². The smallest absolute Gasteiger partial charge is 0.0949 e. The van der Waals surface area contributed by atoms with E-state index in [0.29, 0.717) is 13.2 Å². The first kappa shape index (κ1) is 16.1. The van der Waals surface area contributed by atoms with E-state index in [9.17, 15) is 0 Å². The minimum Gasteiger partial charge on any atom is -0.472 e. The molecular formula is C19H22N4O2. The van der Waals surface area contributed by atoms with Gasteiger partial charge >= 0.3 is 0 Å². The summed E-state index contributed by atoms with van der Waals surface area (Å²) in [7, 11) is 2.06. The van der Waals surface area contributed by atoms with Crippen LogP contribution < -0.4 is 0 Å². The number of pyridine rings is 1. The van der Waals surface area contributed by atoms with E-state index < -0.39 is 0 Å². The minimum atomic E-state index is 0.183. The van der Waals surface area contributed by atoms with Gasteiger partial charge < -0.3 is 13.7 Å². The Kier molecular flexibility index (Phi) is 4.63. The second-order valence-corrected chi connectivity index (χ2v) is 6.43. The predicted octanol–water partition coefficient (Wildman–Crippen LogP) is 2.72. The zero-order valence-corrected chi connectivity index (χ0v) is 14.3. The van der Waals surface area contributed by atoms with Gasteiger partial charge in [0, 0.05) is 44.5 Å². The van der Waals surface area contributed by atoms with Gasteiger partial charge in [0.05, 0.1) is 49.5 Å². The molecule has 1 unspecified atom stereocenters. The molecule has 0 amide bonds. The first-order valence-electron chi connectivity index (χ1n) is 8.53. The predicted molar refractivity (Wildman–Crippen MR) is 92.7 cm³/mol. The third-order valence-electron chi connectivity index (χ3n) is 4.69. The standard InChI is InChI=1S/C19H22N4O2/c1-22-14-21-17-4-7-23(10-16-5-8-24-12-16)18(19(17)22)13-25-11-15-3-2-6-20-9-15/h2-3,5-6,8-9,12,14,18H,4,7,10-11,13H2,1H3. The number of nitrogens with zero attached hydrogens (tertiary/aromatic N) is 4. The first-order valence-corrected chi connectivity index (χ1v) is 8.53. The molecule has 6 nitrogen and oxygen atoms in total. The number of ether oxygens (including phenoxy) is 1. The molecule has 25 heavy (non-hydrogen) atoms. The number of aryl methyl sites for hydroxylation is 1. The van der Waals surface area contributed by atoms with Crippen LogP contribution in [-0.2, 0) is 31.4 Å². The molecule has 6 heteroatoms. The van der Waals surface area contributed by atoms with Crippen molar-refractivity contribution in [1.82, 2.24) is 19.4 Å². The summed E-state index contributed by atoms with van der Waals surface area (Å²) in [5, 5.41) is 0. The fourth-order valence-corrected chi connectivity index (χ4v) is 3.45. The number of aromatic nitrogens is 3. The third-order valence-corrected chi connectivity index (χ3v) is 4.69. The van der Waals surface area contributed by atoms with Gasteiger partial charge in [-0.2, -0.15) is 0 Å². The molecule has 3 aromatic heterocycles. The summed E-state index contributed by atoms with van der Waals surface area (Å²) in [6.07, 6.45) is 10.0. The monoisotopic (exact) mass is 338 g/mol. The van der Waals surface area contributed by atoms with Crippen LogP contribution in [0.5, 0.6) is 0 Å². The number of hydrogen-bond donors (Lipinski definition) is 0. The molecule has 0 saturated heterocycles. The Morgan fingerprint density at radius 1 is 1.32 bits per heavy atom. The third kappa shape index (κ3) is 3.50. The van der Waals surface area contributed by atoms with Gasteiger partial charge in [0.15, 0.2) is 0 Å². The quantitative estimate of drug-likeness (QED) is 0.692. The van der Waals surface area contributed by atoms with E-state index in [2.05, 4.69) is 26.5 Å². The fraction of sp³-hybridized carbons (Fsp3) is 0.368. The van der Waals surface area contributed by atoms with Crippen LogP contribution >= 0.6 is 0 Å². The lowest BCUT2D eigenvalue weighted by Crippen LogP contribution is -2.38. The number of imidazole rings is 1.